The van der Waals surface area contributed by atoms with E-state index in [-0.39, 0.29) is 24.0 Å². The van der Waals surface area contributed by atoms with Gasteiger partial charge >= 0.3 is 0 Å². The molecular formula is C19H23IN6S. The predicted octanol–water partition coefficient (Wildman–Crippen LogP) is 3.79. The number of aromatic amines is 1. The van der Waals surface area contributed by atoms with Crippen LogP contribution >= 0.6 is 35.3 Å². The maximum atomic E-state index is 4.66. The lowest BCUT2D eigenvalue weighted by molar-refractivity contribution is 0.799. The molecule has 0 aliphatic heterocycles. The van der Waals surface area contributed by atoms with Crippen LogP contribution in [0.5, 0.6) is 0 Å². The van der Waals surface area contributed by atoms with Crippen LogP contribution in [0.3, 0.4) is 0 Å². The third-order valence-electron chi connectivity index (χ3n) is 4.25. The number of halogens is 1. The van der Waals surface area contributed by atoms with Crippen LogP contribution in [0.2, 0.25) is 0 Å². The molecule has 0 fully saturated rings. The quantitative estimate of drug-likeness (QED) is 0.217. The molecule has 4 aromatic rings. The molecule has 0 aliphatic carbocycles. The predicted molar refractivity (Wildman–Crippen MR) is 123 cm³/mol. The lowest BCUT2D eigenvalue weighted by Crippen LogP contribution is -2.38. The Labute approximate surface area is 179 Å². The standard InChI is InChI=1S/C19H22N6S.HI/c1-2-20-18(23-12-15-13-25-9-10-26-19(25)24-15)21-8-7-14-11-22-17-6-4-3-5-16(14)17;/h3-6,9-11,13,22H,2,7-8,12H2,1H3,(H2,20,21,23);1H. The molecule has 4 rings (SSSR count). The van der Waals surface area contributed by atoms with Crippen molar-refractivity contribution in [2.75, 3.05) is 13.1 Å². The molecule has 0 bridgehead atoms. The number of thiazole rings is 1. The molecule has 8 heteroatoms. The Morgan fingerprint density at radius 1 is 1.30 bits per heavy atom. The number of nitrogens with zero attached hydrogens (tertiary/aromatic N) is 3. The molecular weight excluding hydrogens is 471 g/mol. The minimum atomic E-state index is 0. The number of rotatable bonds is 6. The first-order valence-electron chi connectivity index (χ1n) is 8.81. The number of fused-ring (bicyclic) bond motifs is 2. The largest absolute Gasteiger partial charge is 0.361 e. The van der Waals surface area contributed by atoms with Gasteiger partial charge in [-0.3, -0.25) is 4.40 Å². The van der Waals surface area contributed by atoms with Crippen molar-refractivity contribution in [3.63, 3.8) is 0 Å². The highest BCUT2D eigenvalue weighted by molar-refractivity contribution is 14.0. The lowest BCUT2D eigenvalue weighted by atomic mass is 10.1. The van der Waals surface area contributed by atoms with Crippen molar-refractivity contribution in [2.45, 2.75) is 19.9 Å². The van der Waals surface area contributed by atoms with Gasteiger partial charge in [0.1, 0.15) is 0 Å². The highest BCUT2D eigenvalue weighted by Gasteiger charge is 2.05. The smallest absolute Gasteiger partial charge is 0.193 e. The summed E-state index contributed by atoms with van der Waals surface area (Å²) < 4.78 is 2.03. The second-order valence-electron chi connectivity index (χ2n) is 6.06. The Bertz CT molecular complexity index is 1000. The van der Waals surface area contributed by atoms with Crippen molar-refractivity contribution in [3.8, 4) is 0 Å². The first-order valence-corrected chi connectivity index (χ1v) is 9.69. The molecule has 0 unspecified atom stereocenters. The van der Waals surface area contributed by atoms with Crippen molar-refractivity contribution >= 4 is 57.1 Å². The van der Waals surface area contributed by atoms with Gasteiger partial charge in [0.15, 0.2) is 10.9 Å². The zero-order valence-electron chi connectivity index (χ0n) is 15.1. The van der Waals surface area contributed by atoms with Gasteiger partial charge in [0.25, 0.3) is 0 Å². The molecule has 0 atom stereocenters. The lowest BCUT2D eigenvalue weighted by Gasteiger charge is -2.10. The third kappa shape index (κ3) is 4.62. The number of imidazole rings is 1. The molecule has 3 heterocycles. The molecule has 0 saturated heterocycles. The van der Waals surface area contributed by atoms with Crippen molar-refractivity contribution in [1.82, 2.24) is 25.0 Å². The molecule has 6 nitrogen and oxygen atoms in total. The fraction of sp³-hybridized carbons (Fsp3) is 0.263. The zero-order valence-corrected chi connectivity index (χ0v) is 18.3. The molecule has 1 aromatic carbocycles. The van der Waals surface area contributed by atoms with E-state index in [0.717, 1.165) is 36.1 Å². The van der Waals surface area contributed by atoms with E-state index in [4.69, 9.17) is 0 Å². The molecule has 0 saturated carbocycles. The van der Waals surface area contributed by atoms with Crippen LogP contribution in [-0.4, -0.2) is 33.4 Å². The topological polar surface area (TPSA) is 69.5 Å². The molecule has 3 aromatic heterocycles. The summed E-state index contributed by atoms with van der Waals surface area (Å²) in [6.07, 6.45) is 7.08. The molecule has 27 heavy (non-hydrogen) atoms. The number of hydrogen-bond donors (Lipinski definition) is 3. The van der Waals surface area contributed by atoms with Gasteiger partial charge in [0.2, 0.25) is 0 Å². The summed E-state index contributed by atoms with van der Waals surface area (Å²) in [7, 11) is 0. The Morgan fingerprint density at radius 3 is 3.04 bits per heavy atom. The highest BCUT2D eigenvalue weighted by Crippen LogP contribution is 2.17. The van der Waals surface area contributed by atoms with E-state index in [1.807, 2.05) is 22.2 Å². The molecule has 0 spiro atoms. The first kappa shape index (κ1) is 19.7. The normalized spacial score (nSPS) is 11.7. The number of H-pyrrole nitrogens is 1. The average molecular weight is 494 g/mol. The van der Waals surface area contributed by atoms with Gasteiger partial charge in [-0.2, -0.15) is 0 Å². The summed E-state index contributed by atoms with van der Waals surface area (Å²) in [5.74, 6) is 0.823. The SMILES string of the molecule is CCNC(=NCc1cn2ccsc2n1)NCCc1c[nH]c2ccccc12.I. The number of nitrogens with one attached hydrogen (secondary N) is 3. The van der Waals surface area contributed by atoms with Gasteiger partial charge in [-0.15, -0.1) is 35.3 Å². The number of aromatic nitrogens is 3. The summed E-state index contributed by atoms with van der Waals surface area (Å²) in [6.45, 7) is 4.30. The van der Waals surface area contributed by atoms with Crippen LogP contribution in [0.4, 0.5) is 0 Å². The average Bonchev–Trinajstić information content (AvgIpc) is 3.34. The summed E-state index contributed by atoms with van der Waals surface area (Å²) >= 11 is 1.64. The van der Waals surface area contributed by atoms with Crippen molar-refractivity contribution < 1.29 is 0 Å². The van der Waals surface area contributed by atoms with Crippen molar-refractivity contribution in [3.05, 3.63) is 59.5 Å². The van der Waals surface area contributed by atoms with Gasteiger partial charge in [0.05, 0.1) is 12.2 Å². The van der Waals surface area contributed by atoms with Crippen molar-refractivity contribution in [1.29, 1.82) is 0 Å². The molecule has 142 valence electrons. The number of hydrogen-bond acceptors (Lipinski definition) is 3. The number of guanidine groups is 1. The van der Waals surface area contributed by atoms with E-state index in [1.165, 1.54) is 16.5 Å². The Morgan fingerprint density at radius 2 is 2.19 bits per heavy atom. The van der Waals surface area contributed by atoms with Crippen LogP contribution in [-0.2, 0) is 13.0 Å². The fourth-order valence-corrected chi connectivity index (χ4v) is 3.73. The van der Waals surface area contributed by atoms with Gasteiger partial charge in [-0.05, 0) is 25.0 Å². The maximum Gasteiger partial charge on any atom is 0.193 e. The second kappa shape index (κ2) is 9.23. The van der Waals surface area contributed by atoms with Gasteiger partial charge in [-0.25, -0.2) is 9.98 Å². The van der Waals surface area contributed by atoms with Gasteiger partial charge in [-0.1, -0.05) is 18.2 Å². The summed E-state index contributed by atoms with van der Waals surface area (Å²) in [4.78, 5) is 13.6. The molecule has 0 amide bonds. The van der Waals surface area contributed by atoms with Crippen LogP contribution in [0.15, 0.2) is 53.2 Å². The Balaban J connectivity index is 0.00000210. The highest BCUT2D eigenvalue weighted by atomic mass is 127. The van der Waals surface area contributed by atoms with E-state index in [1.54, 1.807) is 11.3 Å². The van der Waals surface area contributed by atoms with Crippen LogP contribution in [0.1, 0.15) is 18.2 Å². The summed E-state index contributed by atoms with van der Waals surface area (Å²) in [5, 5.41) is 10.0. The minimum Gasteiger partial charge on any atom is -0.361 e. The molecule has 0 radical (unpaired) electrons. The van der Waals surface area contributed by atoms with Crippen LogP contribution in [0, 0.1) is 0 Å². The van der Waals surface area contributed by atoms with Crippen molar-refractivity contribution in [2.24, 2.45) is 4.99 Å². The molecule has 3 N–H and O–H groups in total. The zero-order chi connectivity index (χ0) is 17.8. The maximum absolute atomic E-state index is 4.66. The number of para-hydroxylation sites is 1. The van der Waals surface area contributed by atoms with Crippen LogP contribution < -0.4 is 10.6 Å². The van der Waals surface area contributed by atoms with Gasteiger partial charge in [0, 0.05) is 48.0 Å². The molecule has 0 aliphatic rings. The van der Waals surface area contributed by atoms with E-state index in [9.17, 15) is 0 Å². The van der Waals surface area contributed by atoms with E-state index < -0.39 is 0 Å². The van der Waals surface area contributed by atoms with Gasteiger partial charge < -0.3 is 15.6 Å². The first-order chi connectivity index (χ1) is 12.8. The third-order valence-corrected chi connectivity index (χ3v) is 5.02. The summed E-state index contributed by atoms with van der Waals surface area (Å²) in [6, 6.07) is 8.39. The monoisotopic (exact) mass is 494 g/mol. The van der Waals surface area contributed by atoms with E-state index >= 15 is 0 Å². The number of aliphatic imine (C=N–C) groups is 1. The Kier molecular flexibility index (Phi) is 6.73. The van der Waals surface area contributed by atoms with E-state index in [0.29, 0.717) is 6.54 Å². The Hall–Kier alpha value is -2.07. The summed E-state index contributed by atoms with van der Waals surface area (Å²) in [5.41, 5.74) is 3.48. The number of benzene rings is 1. The van der Waals surface area contributed by atoms with E-state index in [2.05, 4.69) is 63.0 Å². The van der Waals surface area contributed by atoms with Crippen LogP contribution in [0.25, 0.3) is 15.9 Å². The minimum absolute atomic E-state index is 0. The fourth-order valence-electron chi connectivity index (χ4n) is 3.01. The second-order valence-corrected chi connectivity index (χ2v) is 6.93.